The molecule has 9 heteroatoms. The molecule has 1 aliphatic heterocycles. The highest BCUT2D eigenvalue weighted by atomic mass is 32.2. The van der Waals surface area contributed by atoms with Crippen LogP contribution in [-0.4, -0.2) is 59.5 Å². The lowest BCUT2D eigenvalue weighted by molar-refractivity contribution is -0.131. The molecule has 4 aromatic rings. The second-order valence-corrected chi connectivity index (χ2v) is 13.9. The molecule has 0 radical (unpaired) electrons. The number of sulfone groups is 1. The molecule has 2 aliphatic rings. The summed E-state index contributed by atoms with van der Waals surface area (Å²) in [5, 5.41) is 10.8. The van der Waals surface area contributed by atoms with Crippen molar-refractivity contribution >= 4 is 32.6 Å². The summed E-state index contributed by atoms with van der Waals surface area (Å²) in [5.74, 6) is -0.270. The predicted octanol–water partition coefficient (Wildman–Crippen LogP) is 5.89. The number of hydrogen-bond donors (Lipinski definition) is 1. The second kappa shape index (κ2) is 12.2. The molecule has 43 heavy (non-hydrogen) atoms. The van der Waals surface area contributed by atoms with Crippen LogP contribution in [-0.2, 0) is 27.8 Å². The van der Waals surface area contributed by atoms with E-state index in [1.54, 1.807) is 17.0 Å². The van der Waals surface area contributed by atoms with Gasteiger partial charge in [-0.05, 0) is 71.8 Å². The number of amides is 1. The highest BCUT2D eigenvalue weighted by Crippen LogP contribution is 2.44. The summed E-state index contributed by atoms with van der Waals surface area (Å²) >= 11 is 0. The maximum atomic E-state index is 13.7. The van der Waals surface area contributed by atoms with E-state index in [-0.39, 0.29) is 48.5 Å². The number of ether oxygens (including phenoxy) is 1. The number of carboxylic acid groups (broad SMARTS) is 1. The van der Waals surface area contributed by atoms with Gasteiger partial charge in [-0.2, -0.15) is 0 Å². The summed E-state index contributed by atoms with van der Waals surface area (Å²) in [6, 6.07) is 23.0. The van der Waals surface area contributed by atoms with E-state index in [0.29, 0.717) is 12.1 Å². The molecule has 1 saturated heterocycles. The number of carboxylic acids is 1. The van der Waals surface area contributed by atoms with E-state index >= 15 is 0 Å². The van der Waals surface area contributed by atoms with E-state index in [0.717, 1.165) is 59.2 Å². The fraction of sp³-hybridized carbons (Fsp3) is 0.353. The molecular formula is C34H36N2O6S. The van der Waals surface area contributed by atoms with Crippen molar-refractivity contribution in [2.45, 2.75) is 51.2 Å². The fourth-order valence-corrected chi connectivity index (χ4v) is 7.64. The summed E-state index contributed by atoms with van der Waals surface area (Å²) in [6.07, 6.45) is 5.50. The number of nitrogens with zero attached hydrogens (tertiary/aromatic N) is 2. The van der Waals surface area contributed by atoms with Crippen LogP contribution in [0.2, 0.25) is 0 Å². The first-order valence-electron chi connectivity index (χ1n) is 14.9. The summed E-state index contributed by atoms with van der Waals surface area (Å²) < 4.78 is 32.0. The molecule has 224 valence electrons. The first-order valence-corrected chi connectivity index (χ1v) is 16.8. The Morgan fingerprint density at radius 3 is 2.26 bits per heavy atom. The Hall–Kier alpha value is -4.11. The van der Waals surface area contributed by atoms with Gasteiger partial charge in [0.2, 0.25) is 5.91 Å². The second-order valence-electron chi connectivity index (χ2n) is 11.6. The van der Waals surface area contributed by atoms with Crippen molar-refractivity contribution in [3.63, 3.8) is 0 Å². The van der Waals surface area contributed by atoms with E-state index in [4.69, 9.17) is 4.74 Å². The maximum Gasteiger partial charge on any atom is 0.335 e. The van der Waals surface area contributed by atoms with Crippen molar-refractivity contribution in [3.8, 4) is 17.0 Å². The van der Waals surface area contributed by atoms with Crippen LogP contribution in [0.5, 0.6) is 5.75 Å². The largest absolute Gasteiger partial charge is 0.489 e. The summed E-state index contributed by atoms with van der Waals surface area (Å²) in [6.45, 7) is 0.776. The van der Waals surface area contributed by atoms with Gasteiger partial charge in [-0.15, -0.1) is 0 Å². The predicted molar refractivity (Wildman–Crippen MR) is 166 cm³/mol. The lowest BCUT2D eigenvalue weighted by atomic mass is 9.82. The number of benzene rings is 3. The number of aromatic nitrogens is 1. The average Bonchev–Trinajstić information content (AvgIpc) is 3.34. The van der Waals surface area contributed by atoms with Crippen LogP contribution < -0.4 is 4.74 Å². The van der Waals surface area contributed by atoms with E-state index in [1.807, 2.05) is 65.2 Å². The van der Waals surface area contributed by atoms with Crippen LogP contribution in [0.3, 0.4) is 0 Å². The molecule has 0 bridgehead atoms. The fourth-order valence-electron chi connectivity index (χ4n) is 6.44. The Morgan fingerprint density at radius 2 is 1.58 bits per heavy atom. The zero-order chi connectivity index (χ0) is 30.0. The molecule has 3 aromatic carbocycles. The third-order valence-corrected chi connectivity index (χ3v) is 10.3. The molecule has 6 rings (SSSR count). The molecular weight excluding hydrogens is 564 g/mol. The van der Waals surface area contributed by atoms with E-state index in [9.17, 15) is 23.1 Å². The topological polar surface area (TPSA) is 106 Å². The van der Waals surface area contributed by atoms with E-state index in [1.165, 1.54) is 6.42 Å². The van der Waals surface area contributed by atoms with E-state index in [2.05, 4.69) is 0 Å². The van der Waals surface area contributed by atoms with Gasteiger partial charge in [-0.3, -0.25) is 4.79 Å². The van der Waals surface area contributed by atoms with Gasteiger partial charge in [-0.25, -0.2) is 13.2 Å². The number of carbonyl (C=O) groups is 2. The highest BCUT2D eigenvalue weighted by Gasteiger charge is 2.30. The van der Waals surface area contributed by atoms with Crippen molar-refractivity contribution in [1.29, 1.82) is 0 Å². The van der Waals surface area contributed by atoms with Crippen molar-refractivity contribution in [2.24, 2.45) is 0 Å². The summed E-state index contributed by atoms with van der Waals surface area (Å²) in [7, 11) is -3.14. The van der Waals surface area contributed by atoms with Gasteiger partial charge in [0.15, 0.2) is 9.84 Å². The van der Waals surface area contributed by atoms with Gasteiger partial charge < -0.3 is 19.3 Å². The van der Waals surface area contributed by atoms with Crippen LogP contribution in [0.15, 0.2) is 72.8 Å². The molecule has 0 atom stereocenters. The quantitative estimate of drug-likeness (QED) is 0.270. The molecule has 2 heterocycles. The van der Waals surface area contributed by atoms with Crippen LogP contribution in [0, 0.1) is 0 Å². The SMILES string of the molecule is O=C(O)c1ccc2c(C3CCCCC3)c(-c3ccc(OCc4ccccc4)cc3)n(CC(=O)N3CCS(=O)(=O)CC3)c2c1. The molecule has 8 nitrogen and oxygen atoms in total. The normalized spacial score (nSPS) is 17.2. The van der Waals surface area contributed by atoms with Crippen LogP contribution in [0.4, 0.5) is 0 Å². The molecule has 2 fully saturated rings. The Bertz CT molecular complexity index is 1730. The third-order valence-electron chi connectivity index (χ3n) is 8.73. The standard InChI is InChI=1S/C34H36N2O6S/c37-31(35-17-19-43(40,41)20-18-35)22-36-30-21-27(34(38)39)13-16-29(30)32(25-9-5-2-6-10-25)33(36)26-11-14-28(15-12-26)42-23-24-7-3-1-4-8-24/h1,3-4,7-8,11-16,21,25H,2,5-6,9-10,17-20,22-23H2,(H,38,39). The third kappa shape index (κ3) is 6.32. The van der Waals surface area contributed by atoms with Gasteiger partial charge in [0.1, 0.15) is 18.9 Å². The van der Waals surface area contributed by atoms with Crippen molar-refractivity contribution < 1.29 is 27.9 Å². The minimum absolute atomic E-state index is 0.00602. The Balaban J connectivity index is 1.43. The molecule has 0 spiro atoms. The average molecular weight is 601 g/mol. The van der Waals surface area contributed by atoms with Gasteiger partial charge in [0, 0.05) is 18.5 Å². The lowest BCUT2D eigenvalue weighted by Crippen LogP contribution is -2.45. The first-order chi connectivity index (χ1) is 20.8. The Labute approximate surface area is 251 Å². The Kier molecular flexibility index (Phi) is 8.25. The number of fused-ring (bicyclic) bond motifs is 1. The van der Waals surface area contributed by atoms with Crippen molar-refractivity contribution in [1.82, 2.24) is 9.47 Å². The lowest BCUT2D eigenvalue weighted by Gasteiger charge is -2.28. The number of carbonyl (C=O) groups excluding carboxylic acids is 1. The number of aromatic carboxylic acids is 1. The molecule has 1 saturated carbocycles. The minimum atomic E-state index is -3.14. The Morgan fingerprint density at radius 1 is 0.884 bits per heavy atom. The monoisotopic (exact) mass is 600 g/mol. The molecule has 1 aliphatic carbocycles. The number of hydrogen-bond acceptors (Lipinski definition) is 5. The number of rotatable bonds is 8. The summed E-state index contributed by atoms with van der Waals surface area (Å²) in [4.78, 5) is 27.3. The van der Waals surface area contributed by atoms with Gasteiger partial charge in [-0.1, -0.05) is 55.7 Å². The van der Waals surface area contributed by atoms with Crippen LogP contribution >= 0.6 is 0 Å². The zero-order valence-electron chi connectivity index (χ0n) is 24.1. The molecule has 1 aromatic heterocycles. The molecule has 1 N–H and O–H groups in total. The summed E-state index contributed by atoms with van der Waals surface area (Å²) in [5.41, 5.74) is 4.93. The first kappa shape index (κ1) is 29.0. The van der Waals surface area contributed by atoms with E-state index < -0.39 is 15.8 Å². The maximum absolute atomic E-state index is 13.7. The van der Waals surface area contributed by atoms with Crippen LogP contribution in [0.25, 0.3) is 22.2 Å². The van der Waals surface area contributed by atoms with Crippen molar-refractivity contribution in [2.75, 3.05) is 24.6 Å². The highest BCUT2D eigenvalue weighted by molar-refractivity contribution is 7.91. The van der Waals surface area contributed by atoms with Gasteiger partial charge in [0.25, 0.3) is 0 Å². The van der Waals surface area contributed by atoms with Gasteiger partial charge in [0.05, 0.1) is 28.3 Å². The molecule has 1 amide bonds. The minimum Gasteiger partial charge on any atom is -0.489 e. The van der Waals surface area contributed by atoms with Crippen LogP contribution in [0.1, 0.15) is 59.5 Å². The smallest absolute Gasteiger partial charge is 0.335 e. The van der Waals surface area contributed by atoms with Gasteiger partial charge >= 0.3 is 5.97 Å². The van der Waals surface area contributed by atoms with Crippen molar-refractivity contribution in [3.05, 3.63) is 89.5 Å². The zero-order valence-corrected chi connectivity index (χ0v) is 24.9. The molecule has 0 unspecified atom stereocenters.